The molecule has 3 N–H and O–H groups in total. The first kappa shape index (κ1) is 13.1. The Kier molecular flexibility index (Phi) is 3.75. The first-order chi connectivity index (χ1) is 8.53. The van der Waals surface area contributed by atoms with Gasteiger partial charge in [0.2, 0.25) is 0 Å². The number of carbonyl (C=O) groups excluding carboxylic acids is 1. The van der Waals surface area contributed by atoms with Gasteiger partial charge in [-0.05, 0) is 32.1 Å². The van der Waals surface area contributed by atoms with Crippen molar-refractivity contribution in [3.05, 3.63) is 0 Å². The molecule has 0 heterocycles. The van der Waals surface area contributed by atoms with Crippen molar-refractivity contribution >= 4 is 12.0 Å². The van der Waals surface area contributed by atoms with Crippen molar-refractivity contribution in [3.8, 4) is 0 Å². The number of carboxylic acids is 1. The summed E-state index contributed by atoms with van der Waals surface area (Å²) in [7, 11) is 1.66. The van der Waals surface area contributed by atoms with E-state index in [1.807, 2.05) is 0 Å². The molecule has 0 unspecified atom stereocenters. The summed E-state index contributed by atoms with van der Waals surface area (Å²) in [6.45, 7) is 0. The molecule has 0 spiro atoms. The van der Waals surface area contributed by atoms with Gasteiger partial charge in [0, 0.05) is 13.2 Å². The molecule has 2 fully saturated rings. The number of ether oxygens (including phenoxy) is 1. The first-order valence-corrected chi connectivity index (χ1v) is 6.36. The van der Waals surface area contributed by atoms with Gasteiger partial charge >= 0.3 is 12.0 Å². The summed E-state index contributed by atoms with van der Waals surface area (Å²) in [6, 6.07) is -0.104. The molecule has 2 saturated carbocycles. The van der Waals surface area contributed by atoms with Gasteiger partial charge in [-0.2, -0.15) is 0 Å². The summed E-state index contributed by atoms with van der Waals surface area (Å²) in [4.78, 5) is 22.5. The fourth-order valence-corrected chi connectivity index (χ4v) is 2.58. The van der Waals surface area contributed by atoms with E-state index in [-0.39, 0.29) is 24.6 Å². The Morgan fingerprint density at radius 1 is 1.39 bits per heavy atom. The van der Waals surface area contributed by atoms with E-state index in [4.69, 9.17) is 9.84 Å². The number of carbonyl (C=O) groups is 2. The van der Waals surface area contributed by atoms with Crippen molar-refractivity contribution in [1.29, 1.82) is 0 Å². The third-order valence-corrected chi connectivity index (χ3v) is 3.94. The summed E-state index contributed by atoms with van der Waals surface area (Å²) < 4.78 is 5.13. The summed E-state index contributed by atoms with van der Waals surface area (Å²) in [6.07, 6.45) is 4.38. The summed E-state index contributed by atoms with van der Waals surface area (Å²) in [5, 5.41) is 14.5. The van der Waals surface area contributed by atoms with Crippen molar-refractivity contribution in [2.75, 3.05) is 7.11 Å². The Balaban J connectivity index is 1.74. The zero-order valence-electron chi connectivity index (χ0n) is 10.6. The molecule has 0 saturated heterocycles. The van der Waals surface area contributed by atoms with Crippen LogP contribution in [-0.4, -0.2) is 41.9 Å². The standard InChI is InChI=1S/C12H20N2O4/c1-18-9-5-8(6-9)13-11(17)14-12(3-2-4-12)7-10(15)16/h8-9H,2-7H2,1H3,(H,15,16)(H2,13,14,17). The number of urea groups is 1. The SMILES string of the molecule is COC1CC(NC(=O)NC2(CC(=O)O)CCC2)C1. The molecule has 0 aromatic heterocycles. The fourth-order valence-electron chi connectivity index (χ4n) is 2.58. The summed E-state index contributed by atoms with van der Waals surface area (Å²) in [5.41, 5.74) is -0.527. The normalized spacial score (nSPS) is 28.7. The van der Waals surface area contributed by atoms with Gasteiger partial charge in [0.05, 0.1) is 18.1 Å². The topological polar surface area (TPSA) is 87.7 Å². The number of hydrogen-bond acceptors (Lipinski definition) is 3. The van der Waals surface area contributed by atoms with E-state index in [2.05, 4.69) is 10.6 Å². The highest BCUT2D eigenvalue weighted by Gasteiger charge is 2.41. The number of carboxylic acid groups (broad SMARTS) is 1. The predicted octanol–water partition coefficient (Wildman–Crippen LogP) is 0.860. The average molecular weight is 256 g/mol. The zero-order chi connectivity index (χ0) is 13.2. The highest BCUT2D eigenvalue weighted by Crippen LogP contribution is 2.35. The van der Waals surface area contributed by atoms with Gasteiger partial charge in [0.1, 0.15) is 0 Å². The maximum atomic E-state index is 11.8. The quantitative estimate of drug-likeness (QED) is 0.680. The molecular formula is C12H20N2O4. The Morgan fingerprint density at radius 2 is 2.06 bits per heavy atom. The van der Waals surface area contributed by atoms with E-state index in [1.165, 1.54) is 0 Å². The van der Waals surface area contributed by atoms with Crippen LogP contribution >= 0.6 is 0 Å². The molecule has 6 nitrogen and oxygen atoms in total. The first-order valence-electron chi connectivity index (χ1n) is 6.36. The van der Waals surface area contributed by atoms with Crippen LogP contribution in [0.25, 0.3) is 0 Å². The van der Waals surface area contributed by atoms with Crippen molar-refractivity contribution in [3.63, 3.8) is 0 Å². The molecule has 102 valence electrons. The second-order valence-electron chi connectivity index (χ2n) is 5.33. The fraction of sp³-hybridized carbons (Fsp3) is 0.833. The molecule has 0 atom stereocenters. The lowest BCUT2D eigenvalue weighted by molar-refractivity contribution is -0.139. The average Bonchev–Trinajstić information content (AvgIpc) is 2.18. The molecular weight excluding hydrogens is 236 g/mol. The van der Waals surface area contributed by atoms with Crippen LogP contribution in [-0.2, 0) is 9.53 Å². The molecule has 2 aliphatic rings. The molecule has 0 aromatic carbocycles. The lowest BCUT2D eigenvalue weighted by atomic mass is 9.74. The van der Waals surface area contributed by atoms with Gasteiger partial charge in [-0.15, -0.1) is 0 Å². The molecule has 0 aromatic rings. The Bertz CT molecular complexity index is 335. The summed E-state index contributed by atoms with van der Waals surface area (Å²) in [5.74, 6) is -0.863. The van der Waals surface area contributed by atoms with Gasteiger partial charge in [0.25, 0.3) is 0 Å². The Hall–Kier alpha value is -1.30. The molecule has 2 amide bonds. The van der Waals surface area contributed by atoms with Crippen molar-refractivity contribution in [2.24, 2.45) is 0 Å². The predicted molar refractivity (Wildman–Crippen MR) is 64.3 cm³/mol. The third kappa shape index (κ3) is 2.93. The van der Waals surface area contributed by atoms with Crippen molar-refractivity contribution in [2.45, 2.75) is 56.2 Å². The van der Waals surface area contributed by atoms with Crippen LogP contribution in [0.15, 0.2) is 0 Å². The van der Waals surface area contributed by atoms with Gasteiger partial charge in [0.15, 0.2) is 0 Å². The van der Waals surface area contributed by atoms with Gasteiger partial charge in [-0.3, -0.25) is 4.79 Å². The van der Waals surface area contributed by atoms with E-state index in [0.29, 0.717) is 0 Å². The lowest BCUT2D eigenvalue weighted by Gasteiger charge is -2.42. The second kappa shape index (κ2) is 5.14. The van der Waals surface area contributed by atoms with Crippen LogP contribution in [0.1, 0.15) is 38.5 Å². The number of aliphatic carboxylic acids is 1. The maximum absolute atomic E-state index is 11.8. The van der Waals surface area contributed by atoms with E-state index in [9.17, 15) is 9.59 Å². The molecule has 2 aliphatic carbocycles. The van der Waals surface area contributed by atoms with Crippen molar-refractivity contribution < 1.29 is 19.4 Å². The largest absolute Gasteiger partial charge is 0.481 e. The van der Waals surface area contributed by atoms with Crippen molar-refractivity contribution in [1.82, 2.24) is 10.6 Å². The minimum Gasteiger partial charge on any atom is -0.481 e. The van der Waals surface area contributed by atoms with E-state index in [1.54, 1.807) is 7.11 Å². The van der Waals surface area contributed by atoms with E-state index >= 15 is 0 Å². The van der Waals surface area contributed by atoms with Gasteiger partial charge in [-0.1, -0.05) is 0 Å². The molecule has 0 radical (unpaired) electrons. The summed E-state index contributed by atoms with van der Waals surface area (Å²) >= 11 is 0. The Labute approximate surface area is 106 Å². The molecule has 6 heteroatoms. The maximum Gasteiger partial charge on any atom is 0.315 e. The monoisotopic (exact) mass is 256 g/mol. The van der Waals surface area contributed by atoms with Crippen LogP contribution in [0.2, 0.25) is 0 Å². The van der Waals surface area contributed by atoms with Crippen LogP contribution in [0.4, 0.5) is 4.79 Å². The zero-order valence-corrected chi connectivity index (χ0v) is 10.6. The Morgan fingerprint density at radius 3 is 2.50 bits per heavy atom. The highest BCUT2D eigenvalue weighted by atomic mass is 16.5. The number of hydrogen-bond donors (Lipinski definition) is 3. The van der Waals surface area contributed by atoms with Crippen LogP contribution in [0.5, 0.6) is 0 Å². The smallest absolute Gasteiger partial charge is 0.315 e. The third-order valence-electron chi connectivity index (χ3n) is 3.94. The number of amides is 2. The van der Waals surface area contributed by atoms with Gasteiger partial charge in [-0.25, -0.2) is 4.79 Å². The number of methoxy groups -OCH3 is 1. The minimum atomic E-state index is -0.863. The van der Waals surface area contributed by atoms with Crippen LogP contribution < -0.4 is 10.6 Å². The molecule has 0 aliphatic heterocycles. The molecule has 18 heavy (non-hydrogen) atoms. The number of nitrogens with one attached hydrogen (secondary N) is 2. The second-order valence-corrected chi connectivity index (χ2v) is 5.33. The highest BCUT2D eigenvalue weighted by molar-refractivity contribution is 5.77. The van der Waals surface area contributed by atoms with Gasteiger partial charge < -0.3 is 20.5 Å². The lowest BCUT2D eigenvalue weighted by Crippen LogP contribution is -2.60. The van der Waals surface area contributed by atoms with E-state index < -0.39 is 11.5 Å². The number of rotatable bonds is 5. The molecule has 2 rings (SSSR count). The minimum absolute atomic E-state index is 0.00574. The van der Waals surface area contributed by atoms with E-state index in [0.717, 1.165) is 32.1 Å². The molecule has 0 bridgehead atoms. The van der Waals surface area contributed by atoms with Crippen LogP contribution in [0.3, 0.4) is 0 Å². The van der Waals surface area contributed by atoms with Crippen LogP contribution in [0, 0.1) is 0 Å².